The van der Waals surface area contributed by atoms with Crippen molar-refractivity contribution in [3.05, 3.63) is 35.4 Å². The predicted molar refractivity (Wildman–Crippen MR) is 57.8 cm³/mol. The van der Waals surface area contributed by atoms with Gasteiger partial charge in [0.25, 0.3) is 0 Å². The highest BCUT2D eigenvalue weighted by molar-refractivity contribution is 5.26. The largest absolute Gasteiger partial charge is 0.324 e. The van der Waals surface area contributed by atoms with Crippen molar-refractivity contribution in [3.63, 3.8) is 0 Å². The van der Waals surface area contributed by atoms with E-state index in [0.717, 1.165) is 0 Å². The minimum atomic E-state index is 0.144. The minimum absolute atomic E-state index is 0.144. The van der Waals surface area contributed by atoms with Gasteiger partial charge in [-0.25, -0.2) is 0 Å². The SMILES string of the molecule is CCC(C)c1ccc(C(C)N)cc1. The lowest BCUT2D eigenvalue weighted by atomic mass is 9.96. The molecule has 0 aliphatic carbocycles. The van der Waals surface area contributed by atoms with E-state index in [9.17, 15) is 0 Å². The Kier molecular flexibility index (Phi) is 3.49. The highest BCUT2D eigenvalue weighted by atomic mass is 14.6. The molecule has 2 atom stereocenters. The first-order valence-electron chi connectivity index (χ1n) is 5.00. The number of rotatable bonds is 3. The zero-order chi connectivity index (χ0) is 9.84. The first-order chi connectivity index (χ1) is 6.15. The van der Waals surface area contributed by atoms with Gasteiger partial charge in [-0.15, -0.1) is 0 Å². The van der Waals surface area contributed by atoms with Crippen LogP contribution in [0.4, 0.5) is 0 Å². The fraction of sp³-hybridized carbons (Fsp3) is 0.500. The van der Waals surface area contributed by atoms with Gasteiger partial charge in [-0.05, 0) is 30.4 Å². The molecule has 1 heteroatoms. The molecule has 0 aliphatic heterocycles. The standard InChI is InChI=1S/C12H19N/c1-4-9(2)11-5-7-12(8-6-11)10(3)13/h5-10H,4,13H2,1-3H3. The Morgan fingerprint density at radius 2 is 1.54 bits per heavy atom. The Bertz CT molecular complexity index is 248. The van der Waals surface area contributed by atoms with E-state index in [4.69, 9.17) is 5.73 Å². The van der Waals surface area contributed by atoms with Gasteiger partial charge in [0.15, 0.2) is 0 Å². The van der Waals surface area contributed by atoms with Crippen LogP contribution >= 0.6 is 0 Å². The maximum Gasteiger partial charge on any atom is 0.0266 e. The van der Waals surface area contributed by atoms with E-state index in [1.54, 1.807) is 0 Å². The first kappa shape index (κ1) is 10.3. The first-order valence-corrected chi connectivity index (χ1v) is 5.00. The van der Waals surface area contributed by atoms with Crippen LogP contribution in [0.25, 0.3) is 0 Å². The molecule has 0 heterocycles. The van der Waals surface area contributed by atoms with Crippen molar-refractivity contribution in [1.82, 2.24) is 0 Å². The molecule has 0 aliphatic rings. The van der Waals surface area contributed by atoms with E-state index in [2.05, 4.69) is 38.1 Å². The lowest BCUT2D eigenvalue weighted by Gasteiger charge is -2.11. The number of hydrogen-bond donors (Lipinski definition) is 1. The fourth-order valence-corrected chi connectivity index (χ4v) is 1.36. The van der Waals surface area contributed by atoms with Gasteiger partial charge in [0.05, 0.1) is 0 Å². The molecule has 0 bridgehead atoms. The van der Waals surface area contributed by atoms with E-state index < -0.39 is 0 Å². The van der Waals surface area contributed by atoms with Crippen LogP contribution in [0.2, 0.25) is 0 Å². The van der Waals surface area contributed by atoms with E-state index >= 15 is 0 Å². The third-order valence-corrected chi connectivity index (χ3v) is 2.64. The van der Waals surface area contributed by atoms with Gasteiger partial charge in [0.2, 0.25) is 0 Å². The molecule has 0 aromatic heterocycles. The Morgan fingerprint density at radius 3 is 1.92 bits per heavy atom. The average molecular weight is 177 g/mol. The van der Waals surface area contributed by atoms with Crippen molar-refractivity contribution in [1.29, 1.82) is 0 Å². The lowest BCUT2D eigenvalue weighted by Crippen LogP contribution is -2.04. The summed E-state index contributed by atoms with van der Waals surface area (Å²) in [6.07, 6.45) is 1.19. The number of nitrogens with two attached hydrogens (primary N) is 1. The van der Waals surface area contributed by atoms with Gasteiger partial charge in [-0.1, -0.05) is 38.1 Å². The van der Waals surface area contributed by atoms with Gasteiger partial charge < -0.3 is 5.73 Å². The van der Waals surface area contributed by atoms with Gasteiger partial charge in [0, 0.05) is 6.04 Å². The van der Waals surface area contributed by atoms with E-state index in [1.807, 2.05) is 6.92 Å². The van der Waals surface area contributed by atoms with Crippen molar-refractivity contribution in [3.8, 4) is 0 Å². The van der Waals surface area contributed by atoms with Crippen molar-refractivity contribution in [2.45, 2.75) is 39.2 Å². The quantitative estimate of drug-likeness (QED) is 0.753. The molecule has 2 N–H and O–H groups in total. The molecule has 72 valence electrons. The van der Waals surface area contributed by atoms with E-state index in [1.165, 1.54) is 17.5 Å². The lowest BCUT2D eigenvalue weighted by molar-refractivity contribution is 0.731. The molecule has 1 aromatic rings. The van der Waals surface area contributed by atoms with Crippen LogP contribution in [0, 0.1) is 0 Å². The number of benzene rings is 1. The summed E-state index contributed by atoms with van der Waals surface area (Å²) in [5.41, 5.74) is 8.40. The molecule has 1 aromatic carbocycles. The van der Waals surface area contributed by atoms with Crippen molar-refractivity contribution in [2.24, 2.45) is 5.73 Å². The molecule has 0 saturated heterocycles. The summed E-state index contributed by atoms with van der Waals surface area (Å²) in [4.78, 5) is 0. The third kappa shape index (κ3) is 2.56. The molecule has 0 amide bonds. The molecule has 1 rings (SSSR count). The highest BCUT2D eigenvalue weighted by Gasteiger charge is 2.03. The highest BCUT2D eigenvalue weighted by Crippen LogP contribution is 2.20. The van der Waals surface area contributed by atoms with Crippen LogP contribution in [0.3, 0.4) is 0 Å². The molecule has 0 saturated carbocycles. The second kappa shape index (κ2) is 4.43. The van der Waals surface area contributed by atoms with Gasteiger partial charge in [-0.2, -0.15) is 0 Å². The molecular weight excluding hydrogens is 158 g/mol. The van der Waals surface area contributed by atoms with Crippen LogP contribution in [-0.4, -0.2) is 0 Å². The Labute approximate surface area is 81.0 Å². The smallest absolute Gasteiger partial charge is 0.0266 e. The topological polar surface area (TPSA) is 26.0 Å². The zero-order valence-electron chi connectivity index (χ0n) is 8.75. The third-order valence-electron chi connectivity index (χ3n) is 2.64. The fourth-order valence-electron chi connectivity index (χ4n) is 1.36. The summed E-state index contributed by atoms with van der Waals surface area (Å²) in [7, 11) is 0. The van der Waals surface area contributed by atoms with Crippen LogP contribution in [0.5, 0.6) is 0 Å². The molecule has 2 unspecified atom stereocenters. The van der Waals surface area contributed by atoms with Gasteiger partial charge in [0.1, 0.15) is 0 Å². The second-order valence-electron chi connectivity index (χ2n) is 3.76. The summed E-state index contributed by atoms with van der Waals surface area (Å²) >= 11 is 0. The molecular formula is C12H19N. The Balaban J connectivity index is 2.81. The van der Waals surface area contributed by atoms with E-state index in [-0.39, 0.29) is 6.04 Å². The normalized spacial score (nSPS) is 15.4. The summed E-state index contributed by atoms with van der Waals surface area (Å²) < 4.78 is 0. The maximum atomic E-state index is 5.77. The van der Waals surface area contributed by atoms with Gasteiger partial charge >= 0.3 is 0 Å². The summed E-state index contributed by atoms with van der Waals surface area (Å²) in [6, 6.07) is 8.78. The monoisotopic (exact) mass is 177 g/mol. The molecule has 1 nitrogen and oxygen atoms in total. The van der Waals surface area contributed by atoms with Gasteiger partial charge in [-0.3, -0.25) is 0 Å². The van der Waals surface area contributed by atoms with Crippen LogP contribution in [0.15, 0.2) is 24.3 Å². The summed E-state index contributed by atoms with van der Waals surface area (Å²) in [5, 5.41) is 0. The number of hydrogen-bond acceptors (Lipinski definition) is 1. The Morgan fingerprint density at radius 1 is 1.08 bits per heavy atom. The van der Waals surface area contributed by atoms with Crippen LogP contribution < -0.4 is 5.73 Å². The van der Waals surface area contributed by atoms with Crippen LogP contribution in [-0.2, 0) is 0 Å². The molecule has 13 heavy (non-hydrogen) atoms. The minimum Gasteiger partial charge on any atom is -0.324 e. The average Bonchev–Trinajstić information content (AvgIpc) is 2.17. The second-order valence-corrected chi connectivity index (χ2v) is 3.76. The van der Waals surface area contributed by atoms with Crippen molar-refractivity contribution >= 4 is 0 Å². The zero-order valence-corrected chi connectivity index (χ0v) is 8.75. The molecule has 0 radical (unpaired) electrons. The molecule has 0 spiro atoms. The predicted octanol–water partition coefficient (Wildman–Crippen LogP) is 3.22. The van der Waals surface area contributed by atoms with Crippen molar-refractivity contribution in [2.75, 3.05) is 0 Å². The summed E-state index contributed by atoms with van der Waals surface area (Å²) in [5.74, 6) is 0.655. The van der Waals surface area contributed by atoms with Crippen LogP contribution in [0.1, 0.15) is 50.3 Å². The maximum absolute atomic E-state index is 5.77. The van der Waals surface area contributed by atoms with E-state index in [0.29, 0.717) is 5.92 Å². The molecule has 0 fully saturated rings. The Hall–Kier alpha value is -0.820. The summed E-state index contributed by atoms with van der Waals surface area (Å²) in [6.45, 7) is 6.48. The van der Waals surface area contributed by atoms with Crippen molar-refractivity contribution < 1.29 is 0 Å².